The first-order valence-corrected chi connectivity index (χ1v) is 14.6. The van der Waals surface area contributed by atoms with Gasteiger partial charge in [-0.05, 0) is 0 Å². The van der Waals surface area contributed by atoms with Crippen LogP contribution in [0, 0.1) is 6.92 Å². The van der Waals surface area contributed by atoms with Crippen molar-refractivity contribution in [2.45, 2.75) is 135 Å². The quantitative estimate of drug-likeness (QED) is 0.173. The minimum atomic E-state index is -0.769. The van der Waals surface area contributed by atoms with Crippen molar-refractivity contribution in [3.8, 4) is 0 Å². The van der Waals surface area contributed by atoms with Crippen molar-refractivity contribution < 1.29 is 0 Å². The maximum atomic E-state index is 3.90. The van der Waals surface area contributed by atoms with Crippen molar-refractivity contribution in [1.29, 1.82) is 0 Å². The van der Waals surface area contributed by atoms with Crippen LogP contribution >= 0.6 is 0 Å². The minimum Gasteiger partial charge on any atom is -0.0695 e. The molecule has 0 aliphatic carbocycles. The molecule has 1 heteroatoms. The van der Waals surface area contributed by atoms with Gasteiger partial charge in [0.25, 0.3) is 0 Å². The molecule has 0 aromatic carbocycles. The summed E-state index contributed by atoms with van der Waals surface area (Å²) in [5, 5.41) is 0. The van der Waals surface area contributed by atoms with Crippen molar-refractivity contribution in [2.75, 3.05) is 0 Å². The number of unbranched alkanes of at least 4 members (excludes halogenated alkanes) is 16. The summed E-state index contributed by atoms with van der Waals surface area (Å²) in [6.07, 6.45) is 24.5. The van der Waals surface area contributed by atoms with Crippen LogP contribution in [0.3, 0.4) is 0 Å². The molecule has 0 aromatic rings. The highest BCUT2D eigenvalue weighted by Crippen LogP contribution is 2.17. The second-order valence-electron chi connectivity index (χ2n) is 8.82. The van der Waals surface area contributed by atoms with E-state index in [4.69, 9.17) is 0 Å². The number of rotatable bonds is 18. The van der Waals surface area contributed by atoms with Crippen LogP contribution in [-0.2, 0) is 0 Å². The molecule has 0 aliphatic rings. The van der Waals surface area contributed by atoms with Gasteiger partial charge in [0.2, 0.25) is 0 Å². The Morgan fingerprint density at radius 1 is 0.435 bits per heavy atom. The normalized spacial score (nSPS) is 12.0. The second kappa shape index (κ2) is 17.1. The third-order valence-electron chi connectivity index (χ3n) is 4.93. The van der Waals surface area contributed by atoms with Crippen LogP contribution in [-0.4, -0.2) is 8.07 Å². The summed E-state index contributed by atoms with van der Waals surface area (Å²) in [7, 11) is -0.769. The Kier molecular flexibility index (Phi) is 17.2. The third kappa shape index (κ3) is 22.2. The molecule has 0 nitrogen and oxygen atoms in total. The fourth-order valence-corrected chi connectivity index (χ4v) is 4.62. The number of hydrogen-bond donors (Lipinski definition) is 0. The van der Waals surface area contributed by atoms with Gasteiger partial charge < -0.3 is 0 Å². The van der Waals surface area contributed by atoms with E-state index in [1.165, 1.54) is 109 Å². The molecule has 0 amide bonds. The Balaban J connectivity index is 3.00. The van der Waals surface area contributed by atoms with Crippen molar-refractivity contribution in [2.24, 2.45) is 0 Å². The van der Waals surface area contributed by atoms with Crippen molar-refractivity contribution >= 4 is 8.07 Å². The van der Waals surface area contributed by atoms with Gasteiger partial charge in [-0.2, -0.15) is 0 Å². The second-order valence-corrected chi connectivity index (χ2v) is 14.4. The predicted molar refractivity (Wildman–Crippen MR) is 112 cm³/mol. The van der Waals surface area contributed by atoms with Gasteiger partial charge >= 0.3 is 0 Å². The van der Waals surface area contributed by atoms with Crippen LogP contribution in [0.2, 0.25) is 25.7 Å². The lowest BCUT2D eigenvalue weighted by Gasteiger charge is -2.14. The first-order chi connectivity index (χ1) is 11.1. The average Bonchev–Trinajstić information content (AvgIpc) is 2.49. The van der Waals surface area contributed by atoms with Crippen molar-refractivity contribution in [1.82, 2.24) is 0 Å². The van der Waals surface area contributed by atoms with Gasteiger partial charge in [0.05, 0.1) is 0 Å². The molecular formula is C22H47Si. The molecule has 0 aliphatic heterocycles. The van der Waals surface area contributed by atoms with E-state index in [9.17, 15) is 0 Å². The van der Waals surface area contributed by atoms with E-state index in [2.05, 4.69) is 26.6 Å². The SMILES string of the molecule is [CH2]CCCCCCCCCCCCCCCCCC[Si](C)(C)C. The molecule has 0 rings (SSSR count). The fourth-order valence-electron chi connectivity index (χ4n) is 3.31. The van der Waals surface area contributed by atoms with Gasteiger partial charge in [-0.3, -0.25) is 0 Å². The van der Waals surface area contributed by atoms with Gasteiger partial charge in [0.1, 0.15) is 0 Å². The smallest absolute Gasteiger partial charge is 0.0442 e. The maximum absolute atomic E-state index is 3.90. The van der Waals surface area contributed by atoms with Gasteiger partial charge in [0.15, 0.2) is 0 Å². The van der Waals surface area contributed by atoms with E-state index in [1.807, 2.05) is 0 Å². The Bertz CT molecular complexity index is 217. The van der Waals surface area contributed by atoms with Crippen molar-refractivity contribution in [3.05, 3.63) is 6.92 Å². The van der Waals surface area contributed by atoms with Crippen LogP contribution < -0.4 is 0 Å². The third-order valence-corrected chi connectivity index (χ3v) is 6.78. The molecule has 23 heavy (non-hydrogen) atoms. The van der Waals surface area contributed by atoms with Crippen LogP contribution in [0.25, 0.3) is 0 Å². The lowest BCUT2D eigenvalue weighted by Crippen LogP contribution is -2.18. The fraction of sp³-hybridized carbons (Fsp3) is 0.955. The van der Waals surface area contributed by atoms with Crippen LogP contribution in [0.5, 0.6) is 0 Å². The molecule has 0 saturated carbocycles. The summed E-state index contributed by atoms with van der Waals surface area (Å²) in [4.78, 5) is 0. The Morgan fingerprint density at radius 2 is 0.696 bits per heavy atom. The molecule has 0 heterocycles. The highest BCUT2D eigenvalue weighted by molar-refractivity contribution is 6.76. The van der Waals surface area contributed by atoms with Crippen LogP contribution in [0.1, 0.15) is 109 Å². The molecule has 0 N–H and O–H groups in total. The Morgan fingerprint density at radius 3 is 0.957 bits per heavy atom. The van der Waals surface area contributed by atoms with Gasteiger partial charge in [0, 0.05) is 8.07 Å². The monoisotopic (exact) mass is 339 g/mol. The first kappa shape index (κ1) is 23.2. The minimum absolute atomic E-state index is 0.769. The molecule has 0 bridgehead atoms. The zero-order valence-electron chi connectivity index (χ0n) is 16.9. The zero-order valence-corrected chi connectivity index (χ0v) is 17.9. The maximum Gasteiger partial charge on any atom is 0.0442 e. The zero-order chi connectivity index (χ0) is 17.2. The van der Waals surface area contributed by atoms with E-state index < -0.39 is 8.07 Å². The summed E-state index contributed by atoms with van der Waals surface area (Å²) < 4.78 is 0. The van der Waals surface area contributed by atoms with E-state index in [0.29, 0.717) is 0 Å². The van der Waals surface area contributed by atoms with E-state index >= 15 is 0 Å². The molecule has 0 atom stereocenters. The lowest BCUT2D eigenvalue weighted by molar-refractivity contribution is 0.529. The van der Waals surface area contributed by atoms with E-state index in [0.717, 1.165) is 6.42 Å². The number of hydrogen-bond acceptors (Lipinski definition) is 0. The summed E-state index contributed by atoms with van der Waals surface area (Å²) in [5.74, 6) is 0. The standard InChI is InChI=1S/C22H47Si/c1-5-6-7-8-9-10-11-12-13-14-15-16-17-18-19-20-21-22-23(2,3)4/h1,5-22H2,2-4H3. The molecule has 0 aromatic heterocycles. The van der Waals surface area contributed by atoms with Gasteiger partial charge in [-0.1, -0.05) is 142 Å². The topological polar surface area (TPSA) is 0 Å². The predicted octanol–water partition coefficient (Wildman–Crippen LogP) is 8.79. The van der Waals surface area contributed by atoms with E-state index in [1.54, 1.807) is 0 Å². The Hall–Kier alpha value is 0.217. The molecule has 0 fully saturated rings. The molecular weight excluding hydrogens is 292 g/mol. The molecule has 1 radical (unpaired) electrons. The van der Waals surface area contributed by atoms with Crippen molar-refractivity contribution in [3.63, 3.8) is 0 Å². The van der Waals surface area contributed by atoms with Crippen LogP contribution in [0.4, 0.5) is 0 Å². The van der Waals surface area contributed by atoms with Crippen LogP contribution in [0.15, 0.2) is 0 Å². The summed E-state index contributed by atoms with van der Waals surface area (Å²) in [6.45, 7) is 11.4. The van der Waals surface area contributed by atoms with E-state index in [-0.39, 0.29) is 0 Å². The Labute approximate surface area is 150 Å². The summed E-state index contributed by atoms with van der Waals surface area (Å²) in [5.41, 5.74) is 0. The summed E-state index contributed by atoms with van der Waals surface area (Å²) >= 11 is 0. The largest absolute Gasteiger partial charge is 0.0695 e. The lowest BCUT2D eigenvalue weighted by atomic mass is 10.0. The summed E-state index contributed by atoms with van der Waals surface area (Å²) in [6, 6.07) is 1.53. The average molecular weight is 340 g/mol. The highest BCUT2D eigenvalue weighted by atomic mass is 28.3. The highest BCUT2D eigenvalue weighted by Gasteiger charge is 2.11. The molecule has 0 saturated heterocycles. The molecule has 0 spiro atoms. The first-order valence-electron chi connectivity index (χ1n) is 10.9. The molecule has 139 valence electrons. The molecule has 0 unspecified atom stereocenters. The van der Waals surface area contributed by atoms with Gasteiger partial charge in [-0.15, -0.1) is 0 Å². The van der Waals surface area contributed by atoms with Gasteiger partial charge in [-0.25, -0.2) is 0 Å².